The molecule has 7 heteroatoms. The van der Waals surface area contributed by atoms with Gasteiger partial charge in [-0.15, -0.1) is 0 Å². The predicted octanol–water partition coefficient (Wildman–Crippen LogP) is 3.26. The summed E-state index contributed by atoms with van der Waals surface area (Å²) < 4.78 is 26.6. The number of sulfonamides is 1. The van der Waals surface area contributed by atoms with Crippen LogP contribution in [-0.2, 0) is 10.0 Å². The third-order valence-corrected chi connectivity index (χ3v) is 5.74. The minimum atomic E-state index is -3.60. The summed E-state index contributed by atoms with van der Waals surface area (Å²) in [6.45, 7) is 1.70. The van der Waals surface area contributed by atoms with Crippen LogP contribution >= 0.6 is 15.9 Å². The average molecular weight is 397 g/mol. The Morgan fingerprint density at radius 2 is 1.83 bits per heavy atom. The minimum Gasteiger partial charge on any atom is -0.322 e. The summed E-state index contributed by atoms with van der Waals surface area (Å²) in [6.07, 6.45) is 0. The van der Waals surface area contributed by atoms with Crippen molar-refractivity contribution >= 4 is 37.5 Å². The van der Waals surface area contributed by atoms with Gasteiger partial charge in [-0.3, -0.25) is 4.79 Å². The highest BCUT2D eigenvalue weighted by atomic mass is 79.9. The molecule has 0 bridgehead atoms. The third-order valence-electron chi connectivity index (χ3n) is 3.29. The second kappa shape index (κ2) is 6.82. The highest BCUT2D eigenvalue weighted by molar-refractivity contribution is 9.10. The Bertz CT molecular complexity index is 848. The molecule has 1 N–H and O–H groups in total. The van der Waals surface area contributed by atoms with Crippen molar-refractivity contribution in [3.63, 3.8) is 0 Å². The van der Waals surface area contributed by atoms with Crippen molar-refractivity contribution < 1.29 is 13.2 Å². The van der Waals surface area contributed by atoms with Gasteiger partial charge in [0.1, 0.15) is 0 Å². The number of amides is 1. The molecule has 0 unspecified atom stereocenters. The zero-order chi connectivity index (χ0) is 17.2. The Balaban J connectivity index is 2.36. The Kier molecular flexibility index (Phi) is 5.23. The number of halogens is 1. The molecule has 0 atom stereocenters. The first kappa shape index (κ1) is 17.7. The number of hydrogen-bond donors (Lipinski definition) is 1. The predicted molar refractivity (Wildman–Crippen MR) is 94.1 cm³/mol. The van der Waals surface area contributed by atoms with Crippen molar-refractivity contribution in [1.82, 2.24) is 4.31 Å². The maximum absolute atomic E-state index is 12.4. The molecule has 0 heterocycles. The lowest BCUT2D eigenvalue weighted by atomic mass is 10.1. The standard InChI is InChI=1S/C16H17BrN2O3S/c1-11-7-8-12(9-15(11)23(21,22)19(2)3)16(20)18-14-6-4-5-13(17)10-14/h4-10H,1-3H3,(H,18,20). The molecule has 0 radical (unpaired) electrons. The van der Waals surface area contributed by atoms with Crippen molar-refractivity contribution in [2.45, 2.75) is 11.8 Å². The molecule has 23 heavy (non-hydrogen) atoms. The quantitative estimate of drug-likeness (QED) is 0.861. The van der Waals surface area contributed by atoms with E-state index in [4.69, 9.17) is 0 Å². The van der Waals surface area contributed by atoms with E-state index in [0.717, 1.165) is 8.78 Å². The first-order valence-corrected chi connectivity index (χ1v) is 9.05. The van der Waals surface area contributed by atoms with E-state index in [1.807, 2.05) is 6.07 Å². The molecule has 0 aliphatic rings. The second-order valence-corrected chi connectivity index (χ2v) is 8.27. The van der Waals surface area contributed by atoms with Crippen molar-refractivity contribution in [2.75, 3.05) is 19.4 Å². The molecule has 2 aromatic carbocycles. The van der Waals surface area contributed by atoms with E-state index in [-0.39, 0.29) is 16.4 Å². The van der Waals surface area contributed by atoms with E-state index in [1.54, 1.807) is 37.3 Å². The van der Waals surface area contributed by atoms with Crippen LogP contribution in [0, 0.1) is 6.92 Å². The fourth-order valence-corrected chi connectivity index (χ4v) is 3.53. The highest BCUT2D eigenvalue weighted by Gasteiger charge is 2.21. The zero-order valence-corrected chi connectivity index (χ0v) is 15.4. The number of benzene rings is 2. The topological polar surface area (TPSA) is 66.5 Å². The van der Waals surface area contributed by atoms with Crippen LogP contribution in [0.5, 0.6) is 0 Å². The summed E-state index contributed by atoms with van der Waals surface area (Å²) in [5.41, 5.74) is 1.51. The first-order valence-electron chi connectivity index (χ1n) is 6.82. The van der Waals surface area contributed by atoms with Crippen molar-refractivity contribution in [3.8, 4) is 0 Å². The number of rotatable bonds is 4. The lowest BCUT2D eigenvalue weighted by Gasteiger charge is -2.14. The van der Waals surface area contributed by atoms with Crippen LogP contribution in [-0.4, -0.2) is 32.7 Å². The fourth-order valence-electron chi connectivity index (χ4n) is 1.99. The number of nitrogens with one attached hydrogen (secondary N) is 1. The number of carbonyl (C=O) groups is 1. The van der Waals surface area contributed by atoms with Crippen LogP contribution in [0.1, 0.15) is 15.9 Å². The van der Waals surface area contributed by atoms with Crippen LogP contribution in [0.2, 0.25) is 0 Å². The van der Waals surface area contributed by atoms with E-state index in [0.29, 0.717) is 11.3 Å². The molecule has 2 rings (SSSR count). The summed E-state index contributed by atoms with van der Waals surface area (Å²) in [5, 5.41) is 2.75. The summed E-state index contributed by atoms with van der Waals surface area (Å²) in [7, 11) is -0.675. The molecular formula is C16H17BrN2O3S. The van der Waals surface area contributed by atoms with Crippen molar-refractivity contribution in [2.24, 2.45) is 0 Å². The van der Waals surface area contributed by atoms with Crippen LogP contribution in [0.4, 0.5) is 5.69 Å². The van der Waals surface area contributed by atoms with E-state index < -0.39 is 10.0 Å². The van der Waals surface area contributed by atoms with Gasteiger partial charge < -0.3 is 5.32 Å². The van der Waals surface area contributed by atoms with Gasteiger partial charge in [-0.25, -0.2) is 12.7 Å². The molecule has 1 amide bonds. The van der Waals surface area contributed by atoms with E-state index in [9.17, 15) is 13.2 Å². The van der Waals surface area contributed by atoms with Crippen molar-refractivity contribution in [1.29, 1.82) is 0 Å². The summed E-state index contributed by atoms with van der Waals surface area (Å²) in [4.78, 5) is 12.5. The van der Waals surface area contributed by atoms with E-state index in [1.165, 1.54) is 20.2 Å². The molecule has 122 valence electrons. The van der Waals surface area contributed by atoms with Gasteiger partial charge in [0.25, 0.3) is 5.91 Å². The largest absolute Gasteiger partial charge is 0.322 e. The summed E-state index contributed by atoms with van der Waals surface area (Å²) in [6, 6.07) is 11.8. The van der Waals surface area contributed by atoms with E-state index >= 15 is 0 Å². The molecule has 0 aliphatic carbocycles. The van der Waals surface area contributed by atoms with Crippen LogP contribution in [0.15, 0.2) is 51.8 Å². The van der Waals surface area contributed by atoms with Gasteiger partial charge in [0.05, 0.1) is 4.90 Å². The summed E-state index contributed by atoms with van der Waals surface area (Å²) in [5.74, 6) is -0.363. The first-order chi connectivity index (χ1) is 10.7. The zero-order valence-electron chi connectivity index (χ0n) is 13.0. The van der Waals surface area contributed by atoms with Crippen LogP contribution in [0.3, 0.4) is 0 Å². The molecule has 0 saturated carbocycles. The van der Waals surface area contributed by atoms with Gasteiger partial charge in [0, 0.05) is 29.8 Å². The molecule has 2 aromatic rings. The Morgan fingerprint density at radius 1 is 1.13 bits per heavy atom. The highest BCUT2D eigenvalue weighted by Crippen LogP contribution is 2.21. The van der Waals surface area contributed by atoms with Crippen LogP contribution < -0.4 is 5.32 Å². The molecule has 0 aliphatic heterocycles. The molecule has 0 aromatic heterocycles. The lowest BCUT2D eigenvalue weighted by molar-refractivity contribution is 0.102. The molecule has 0 saturated heterocycles. The lowest BCUT2D eigenvalue weighted by Crippen LogP contribution is -2.23. The number of nitrogens with zero attached hydrogens (tertiary/aromatic N) is 1. The number of anilines is 1. The van der Waals surface area contributed by atoms with Gasteiger partial charge in [-0.1, -0.05) is 28.1 Å². The molecule has 5 nitrogen and oxygen atoms in total. The second-order valence-electron chi connectivity index (χ2n) is 5.23. The number of hydrogen-bond acceptors (Lipinski definition) is 3. The molecular weight excluding hydrogens is 380 g/mol. The maximum Gasteiger partial charge on any atom is 0.255 e. The van der Waals surface area contributed by atoms with E-state index in [2.05, 4.69) is 21.2 Å². The monoisotopic (exact) mass is 396 g/mol. The van der Waals surface area contributed by atoms with Gasteiger partial charge in [-0.05, 0) is 42.8 Å². The molecule has 0 spiro atoms. The Morgan fingerprint density at radius 3 is 2.43 bits per heavy atom. The summed E-state index contributed by atoms with van der Waals surface area (Å²) >= 11 is 3.34. The SMILES string of the molecule is Cc1ccc(C(=O)Nc2cccc(Br)c2)cc1S(=O)(=O)N(C)C. The third kappa shape index (κ3) is 3.99. The van der Waals surface area contributed by atoms with Crippen LogP contribution in [0.25, 0.3) is 0 Å². The van der Waals surface area contributed by atoms with Gasteiger partial charge in [0.2, 0.25) is 10.0 Å². The van der Waals surface area contributed by atoms with Gasteiger partial charge >= 0.3 is 0 Å². The fraction of sp³-hybridized carbons (Fsp3) is 0.188. The van der Waals surface area contributed by atoms with Gasteiger partial charge in [-0.2, -0.15) is 0 Å². The maximum atomic E-state index is 12.4. The van der Waals surface area contributed by atoms with Gasteiger partial charge in [0.15, 0.2) is 0 Å². The van der Waals surface area contributed by atoms with Crippen molar-refractivity contribution in [3.05, 3.63) is 58.1 Å². The Labute approximate surface area is 144 Å². The minimum absolute atomic E-state index is 0.129. The number of aryl methyl sites for hydroxylation is 1. The smallest absolute Gasteiger partial charge is 0.255 e. The Hall–Kier alpha value is -1.70. The normalized spacial score (nSPS) is 11.5. The average Bonchev–Trinajstić information content (AvgIpc) is 2.47. The number of carbonyl (C=O) groups excluding carboxylic acids is 1. The molecule has 0 fully saturated rings.